The molecule has 2 heterocycles. The zero-order chi connectivity index (χ0) is 15.0. The molecule has 6 heteroatoms. The van der Waals surface area contributed by atoms with Crippen molar-refractivity contribution in [3.8, 4) is 5.75 Å². The molecule has 2 aliphatic heterocycles. The Morgan fingerprint density at radius 1 is 1.43 bits per heavy atom. The minimum Gasteiger partial charge on any atom is -0.493 e. The van der Waals surface area contributed by atoms with Crippen molar-refractivity contribution in [3.63, 3.8) is 0 Å². The Morgan fingerprint density at radius 3 is 3.00 bits per heavy atom. The molecule has 1 aromatic carbocycles. The Morgan fingerprint density at radius 2 is 2.24 bits per heavy atom. The number of amides is 2. The largest absolute Gasteiger partial charge is 0.493 e. The van der Waals surface area contributed by atoms with Crippen LogP contribution in [0.1, 0.15) is 23.1 Å². The molecule has 0 aliphatic carbocycles. The lowest BCUT2D eigenvalue weighted by molar-refractivity contribution is -0.120. The van der Waals surface area contributed by atoms with Gasteiger partial charge in [-0.1, -0.05) is 6.07 Å². The number of carbonyl (C=O) groups excluding carboxylic acids is 2. The molecule has 0 atom stereocenters. The molecule has 6 nitrogen and oxygen atoms in total. The summed E-state index contributed by atoms with van der Waals surface area (Å²) in [6.07, 6.45) is 2.05. The van der Waals surface area contributed by atoms with E-state index in [0.29, 0.717) is 19.4 Å². The van der Waals surface area contributed by atoms with Gasteiger partial charge in [0.2, 0.25) is 11.8 Å². The maximum atomic E-state index is 12.2. The number of ether oxygens (including phenoxy) is 1. The second kappa shape index (κ2) is 5.37. The summed E-state index contributed by atoms with van der Waals surface area (Å²) in [4.78, 5) is 25.2. The van der Waals surface area contributed by atoms with Crippen LogP contribution in [0.3, 0.4) is 0 Å². The SMILES string of the molecule is Cc1cc2c(c3c1N(CNC(=O)CN)C(=O)CC3)OCC2. The van der Waals surface area contributed by atoms with E-state index < -0.39 is 0 Å². The molecule has 0 radical (unpaired) electrons. The van der Waals surface area contributed by atoms with E-state index in [1.165, 1.54) is 5.56 Å². The van der Waals surface area contributed by atoms with Gasteiger partial charge in [-0.3, -0.25) is 14.5 Å². The Kier molecular flexibility index (Phi) is 3.55. The molecule has 0 spiro atoms. The molecule has 0 saturated heterocycles. The van der Waals surface area contributed by atoms with E-state index in [2.05, 4.69) is 11.4 Å². The van der Waals surface area contributed by atoms with Crippen LogP contribution in [0.15, 0.2) is 6.07 Å². The van der Waals surface area contributed by atoms with Crippen molar-refractivity contribution in [1.29, 1.82) is 0 Å². The lowest BCUT2D eigenvalue weighted by Crippen LogP contribution is -2.45. The van der Waals surface area contributed by atoms with Crippen LogP contribution in [0.25, 0.3) is 0 Å². The fraction of sp³-hybridized carbons (Fsp3) is 0.467. The average Bonchev–Trinajstić information content (AvgIpc) is 2.93. The van der Waals surface area contributed by atoms with Gasteiger partial charge in [-0.25, -0.2) is 0 Å². The fourth-order valence-corrected chi connectivity index (χ4v) is 3.07. The van der Waals surface area contributed by atoms with Crippen LogP contribution < -0.4 is 20.7 Å². The van der Waals surface area contributed by atoms with Gasteiger partial charge >= 0.3 is 0 Å². The van der Waals surface area contributed by atoms with Crippen molar-refractivity contribution in [2.45, 2.75) is 26.2 Å². The summed E-state index contributed by atoms with van der Waals surface area (Å²) in [6.45, 7) is 2.76. The van der Waals surface area contributed by atoms with Gasteiger partial charge < -0.3 is 15.8 Å². The first-order valence-corrected chi connectivity index (χ1v) is 7.17. The predicted octanol–water partition coefficient (Wildman–Crippen LogP) is 0.242. The monoisotopic (exact) mass is 289 g/mol. The van der Waals surface area contributed by atoms with Crippen molar-refractivity contribution in [1.82, 2.24) is 5.32 Å². The van der Waals surface area contributed by atoms with Crippen molar-refractivity contribution >= 4 is 17.5 Å². The molecule has 0 saturated carbocycles. The van der Waals surface area contributed by atoms with Crippen LogP contribution in [0.4, 0.5) is 5.69 Å². The van der Waals surface area contributed by atoms with Crippen LogP contribution in [0, 0.1) is 6.92 Å². The van der Waals surface area contributed by atoms with Gasteiger partial charge in [-0.2, -0.15) is 0 Å². The second-order valence-corrected chi connectivity index (χ2v) is 5.39. The third kappa shape index (κ3) is 2.35. The normalized spacial score (nSPS) is 16.3. The lowest BCUT2D eigenvalue weighted by Gasteiger charge is -2.32. The molecule has 3 rings (SSSR count). The number of benzene rings is 1. The van der Waals surface area contributed by atoms with Crippen LogP contribution in [0.5, 0.6) is 5.75 Å². The van der Waals surface area contributed by atoms with Crippen LogP contribution in [-0.2, 0) is 22.4 Å². The number of aryl methyl sites for hydroxylation is 1. The number of hydrogen-bond acceptors (Lipinski definition) is 4. The summed E-state index contributed by atoms with van der Waals surface area (Å²) < 4.78 is 5.74. The van der Waals surface area contributed by atoms with Gasteiger partial charge in [-0.05, 0) is 24.5 Å². The van der Waals surface area contributed by atoms with E-state index in [1.807, 2.05) is 6.92 Å². The van der Waals surface area contributed by atoms with E-state index in [9.17, 15) is 9.59 Å². The number of fused-ring (bicyclic) bond motifs is 3. The molecule has 0 fully saturated rings. The Balaban J connectivity index is 1.97. The van der Waals surface area contributed by atoms with Crippen LogP contribution >= 0.6 is 0 Å². The number of hydrogen-bond donors (Lipinski definition) is 2. The van der Waals surface area contributed by atoms with E-state index in [1.54, 1.807) is 4.90 Å². The highest BCUT2D eigenvalue weighted by Crippen LogP contribution is 2.42. The number of rotatable bonds is 3. The first-order chi connectivity index (χ1) is 10.1. The summed E-state index contributed by atoms with van der Waals surface area (Å²) in [5.41, 5.74) is 9.51. The Hall–Kier alpha value is -2.08. The van der Waals surface area contributed by atoms with Gasteiger partial charge in [0.1, 0.15) is 5.75 Å². The highest BCUT2D eigenvalue weighted by atomic mass is 16.5. The maximum Gasteiger partial charge on any atom is 0.235 e. The highest BCUT2D eigenvalue weighted by Gasteiger charge is 2.31. The molecule has 0 bridgehead atoms. The van der Waals surface area contributed by atoms with Crippen molar-refractivity contribution in [3.05, 3.63) is 22.8 Å². The quantitative estimate of drug-likeness (QED) is 0.835. The topological polar surface area (TPSA) is 84.7 Å². The van der Waals surface area contributed by atoms with Crippen molar-refractivity contribution in [2.75, 3.05) is 24.7 Å². The number of carbonyl (C=O) groups is 2. The molecule has 21 heavy (non-hydrogen) atoms. The Bertz CT molecular complexity index is 613. The summed E-state index contributed by atoms with van der Waals surface area (Å²) in [7, 11) is 0. The standard InChI is InChI=1S/C15H19N3O3/c1-9-6-10-4-5-21-15(10)11-2-3-13(20)18(14(9)11)8-17-12(19)7-16/h6H,2-5,7-8,16H2,1H3,(H,17,19). The van der Waals surface area contributed by atoms with E-state index in [0.717, 1.165) is 29.0 Å². The molecule has 2 aliphatic rings. The molecule has 3 N–H and O–H groups in total. The van der Waals surface area contributed by atoms with Crippen molar-refractivity contribution in [2.24, 2.45) is 5.73 Å². The zero-order valence-electron chi connectivity index (χ0n) is 12.1. The predicted molar refractivity (Wildman–Crippen MR) is 78.2 cm³/mol. The minimum absolute atomic E-state index is 0.0147. The van der Waals surface area contributed by atoms with Gasteiger partial charge in [0.15, 0.2) is 0 Å². The van der Waals surface area contributed by atoms with Gasteiger partial charge in [0, 0.05) is 18.4 Å². The lowest BCUT2D eigenvalue weighted by atomic mass is 9.94. The summed E-state index contributed by atoms with van der Waals surface area (Å²) in [6, 6.07) is 2.08. The molecular formula is C15H19N3O3. The average molecular weight is 289 g/mol. The van der Waals surface area contributed by atoms with Gasteiger partial charge in [-0.15, -0.1) is 0 Å². The molecule has 2 amide bonds. The minimum atomic E-state index is -0.273. The van der Waals surface area contributed by atoms with Gasteiger partial charge in [0.05, 0.1) is 25.5 Å². The summed E-state index contributed by atoms with van der Waals surface area (Å²) >= 11 is 0. The van der Waals surface area contributed by atoms with Crippen LogP contribution in [-0.4, -0.2) is 31.6 Å². The van der Waals surface area contributed by atoms with E-state index in [4.69, 9.17) is 10.5 Å². The number of nitrogens with two attached hydrogens (primary N) is 1. The number of anilines is 1. The van der Waals surface area contributed by atoms with E-state index in [-0.39, 0.29) is 25.0 Å². The number of nitrogens with zero attached hydrogens (tertiary/aromatic N) is 1. The Labute approximate surface area is 123 Å². The molecule has 1 aromatic rings. The van der Waals surface area contributed by atoms with Gasteiger partial charge in [0.25, 0.3) is 0 Å². The fourth-order valence-electron chi connectivity index (χ4n) is 3.07. The third-order valence-electron chi connectivity index (χ3n) is 4.01. The maximum absolute atomic E-state index is 12.2. The molecule has 0 aromatic heterocycles. The second-order valence-electron chi connectivity index (χ2n) is 5.39. The van der Waals surface area contributed by atoms with E-state index >= 15 is 0 Å². The van der Waals surface area contributed by atoms with Crippen molar-refractivity contribution < 1.29 is 14.3 Å². The summed E-state index contributed by atoms with van der Waals surface area (Å²) in [5, 5.41) is 2.67. The molecule has 0 unspecified atom stereocenters. The zero-order valence-corrected chi connectivity index (χ0v) is 12.1. The number of nitrogens with one attached hydrogen (secondary N) is 1. The first-order valence-electron chi connectivity index (χ1n) is 7.17. The summed E-state index contributed by atoms with van der Waals surface area (Å²) in [5.74, 6) is 0.670. The highest BCUT2D eigenvalue weighted by molar-refractivity contribution is 5.98. The smallest absolute Gasteiger partial charge is 0.235 e. The first kappa shape index (κ1) is 13.9. The van der Waals surface area contributed by atoms with Crippen LogP contribution in [0.2, 0.25) is 0 Å². The molecular weight excluding hydrogens is 270 g/mol. The third-order valence-corrected chi connectivity index (χ3v) is 4.01. The molecule has 112 valence electrons.